The largest absolute Gasteiger partial charge is 0.330 e. The highest BCUT2D eigenvalue weighted by atomic mass is 32.1. The van der Waals surface area contributed by atoms with Gasteiger partial charge in [-0.15, -0.1) is 0 Å². The number of rotatable bonds is 1. The van der Waals surface area contributed by atoms with Gasteiger partial charge in [-0.3, -0.25) is 0 Å². The van der Waals surface area contributed by atoms with Crippen LogP contribution >= 0.6 is 12.2 Å². The Hall–Kier alpha value is -1.55. The Bertz CT molecular complexity index is 567. The highest BCUT2D eigenvalue weighted by Gasteiger charge is 2.09. The SMILES string of the molecule is Cc1cc(C)c(-c2ccnc(=S)[nH]2)c(F)c1. The van der Waals surface area contributed by atoms with Crippen LogP contribution in [0.4, 0.5) is 4.39 Å². The zero-order valence-electron chi connectivity index (χ0n) is 9.04. The maximum absolute atomic E-state index is 13.9. The number of hydrogen-bond acceptors (Lipinski definition) is 2. The predicted octanol–water partition coefficient (Wildman–Crippen LogP) is 3.56. The summed E-state index contributed by atoms with van der Waals surface area (Å²) in [5.74, 6) is -0.241. The first-order chi connectivity index (χ1) is 7.58. The van der Waals surface area contributed by atoms with Crippen molar-refractivity contribution < 1.29 is 4.39 Å². The Morgan fingerprint density at radius 3 is 2.69 bits per heavy atom. The molecule has 2 aromatic rings. The molecule has 1 heterocycles. The molecule has 16 heavy (non-hydrogen) atoms. The van der Waals surface area contributed by atoms with E-state index in [1.807, 2.05) is 19.9 Å². The minimum absolute atomic E-state index is 0.241. The molecule has 0 unspecified atom stereocenters. The number of aromatic amines is 1. The Balaban J connectivity index is 2.69. The number of aromatic nitrogens is 2. The number of nitrogens with zero attached hydrogens (tertiary/aromatic N) is 1. The fourth-order valence-electron chi connectivity index (χ4n) is 1.77. The molecule has 0 aliphatic carbocycles. The van der Waals surface area contributed by atoms with Gasteiger partial charge in [-0.2, -0.15) is 0 Å². The van der Waals surface area contributed by atoms with Crippen LogP contribution in [0.2, 0.25) is 0 Å². The molecule has 0 amide bonds. The number of hydrogen-bond donors (Lipinski definition) is 1. The van der Waals surface area contributed by atoms with Crippen LogP contribution in [0, 0.1) is 24.4 Å². The first kappa shape index (κ1) is 11.0. The number of nitrogens with one attached hydrogen (secondary N) is 1. The van der Waals surface area contributed by atoms with Crippen molar-refractivity contribution in [1.29, 1.82) is 0 Å². The molecule has 2 nitrogen and oxygen atoms in total. The highest BCUT2D eigenvalue weighted by Crippen LogP contribution is 2.25. The molecule has 2 rings (SSSR count). The van der Waals surface area contributed by atoms with E-state index in [4.69, 9.17) is 12.2 Å². The van der Waals surface area contributed by atoms with Gasteiger partial charge in [0.2, 0.25) is 0 Å². The van der Waals surface area contributed by atoms with Gasteiger partial charge in [-0.05, 0) is 49.3 Å². The predicted molar refractivity (Wildman–Crippen MR) is 64.3 cm³/mol. The van der Waals surface area contributed by atoms with E-state index in [1.54, 1.807) is 12.3 Å². The third-order valence-electron chi connectivity index (χ3n) is 2.38. The molecule has 1 aromatic heterocycles. The summed E-state index contributed by atoms with van der Waals surface area (Å²) in [6.45, 7) is 3.75. The average molecular weight is 234 g/mol. The Morgan fingerprint density at radius 1 is 1.31 bits per heavy atom. The summed E-state index contributed by atoms with van der Waals surface area (Å²) in [5, 5.41) is 0. The molecule has 0 aliphatic rings. The van der Waals surface area contributed by atoms with Crippen molar-refractivity contribution in [2.75, 3.05) is 0 Å². The van der Waals surface area contributed by atoms with Crippen molar-refractivity contribution in [2.24, 2.45) is 0 Å². The molecule has 0 spiro atoms. The Kier molecular flexibility index (Phi) is 2.83. The first-order valence-corrected chi connectivity index (χ1v) is 5.31. The van der Waals surface area contributed by atoms with Gasteiger partial charge >= 0.3 is 0 Å². The van der Waals surface area contributed by atoms with Gasteiger partial charge in [-0.25, -0.2) is 9.37 Å². The third kappa shape index (κ3) is 2.02. The lowest BCUT2D eigenvalue weighted by atomic mass is 10.0. The average Bonchev–Trinajstić information content (AvgIpc) is 2.15. The molecular weight excluding hydrogens is 223 g/mol. The van der Waals surface area contributed by atoms with Crippen LogP contribution in [0.3, 0.4) is 0 Å². The van der Waals surface area contributed by atoms with Crippen LogP contribution in [0.1, 0.15) is 11.1 Å². The van der Waals surface area contributed by atoms with E-state index in [-0.39, 0.29) is 5.82 Å². The monoisotopic (exact) mass is 234 g/mol. The molecule has 82 valence electrons. The summed E-state index contributed by atoms with van der Waals surface area (Å²) < 4.78 is 14.2. The van der Waals surface area contributed by atoms with Crippen LogP contribution in [0.15, 0.2) is 24.4 Å². The number of H-pyrrole nitrogens is 1. The second-order valence-corrected chi connectivity index (χ2v) is 4.11. The summed E-state index contributed by atoms with van der Waals surface area (Å²) in [6, 6.07) is 5.17. The van der Waals surface area contributed by atoms with Crippen molar-refractivity contribution in [1.82, 2.24) is 9.97 Å². The van der Waals surface area contributed by atoms with Gasteiger partial charge in [0, 0.05) is 11.8 Å². The van der Waals surface area contributed by atoms with Gasteiger partial charge in [0.25, 0.3) is 0 Å². The zero-order valence-corrected chi connectivity index (χ0v) is 9.86. The molecule has 0 aliphatic heterocycles. The summed E-state index contributed by atoms with van der Waals surface area (Å²) in [5.41, 5.74) is 3.01. The van der Waals surface area contributed by atoms with Gasteiger partial charge in [0.1, 0.15) is 5.82 Å². The van der Waals surface area contributed by atoms with Crippen LogP contribution in [0.25, 0.3) is 11.3 Å². The first-order valence-electron chi connectivity index (χ1n) is 4.90. The smallest absolute Gasteiger partial charge is 0.197 e. The Morgan fingerprint density at radius 2 is 2.06 bits per heavy atom. The maximum Gasteiger partial charge on any atom is 0.197 e. The number of halogens is 1. The summed E-state index contributed by atoms with van der Waals surface area (Å²) in [4.78, 5) is 6.77. The lowest BCUT2D eigenvalue weighted by molar-refractivity contribution is 0.628. The van der Waals surface area contributed by atoms with E-state index in [2.05, 4.69) is 9.97 Å². The van der Waals surface area contributed by atoms with E-state index in [0.717, 1.165) is 11.1 Å². The van der Waals surface area contributed by atoms with Crippen LogP contribution in [-0.2, 0) is 0 Å². The van der Waals surface area contributed by atoms with Crippen LogP contribution in [-0.4, -0.2) is 9.97 Å². The molecule has 1 N–H and O–H groups in total. The van der Waals surface area contributed by atoms with Crippen molar-refractivity contribution in [2.45, 2.75) is 13.8 Å². The van der Waals surface area contributed by atoms with E-state index in [9.17, 15) is 4.39 Å². The van der Waals surface area contributed by atoms with Gasteiger partial charge < -0.3 is 4.98 Å². The lowest BCUT2D eigenvalue weighted by Crippen LogP contribution is -1.94. The summed E-state index contributed by atoms with van der Waals surface area (Å²) >= 11 is 4.92. The standard InChI is InChI=1S/C12H11FN2S/c1-7-5-8(2)11(9(13)6-7)10-3-4-14-12(16)15-10/h3-6H,1-2H3,(H,14,15,16). The number of aryl methyl sites for hydroxylation is 2. The fourth-order valence-corrected chi connectivity index (χ4v) is 1.94. The van der Waals surface area contributed by atoms with E-state index in [0.29, 0.717) is 16.0 Å². The molecule has 0 radical (unpaired) electrons. The molecule has 0 saturated heterocycles. The Labute approximate surface area is 98.2 Å². The van der Waals surface area contributed by atoms with Crippen molar-refractivity contribution in [3.05, 3.63) is 46.1 Å². The van der Waals surface area contributed by atoms with Crippen molar-refractivity contribution in [3.8, 4) is 11.3 Å². The molecule has 0 atom stereocenters. The van der Waals surface area contributed by atoms with E-state index >= 15 is 0 Å². The minimum Gasteiger partial charge on any atom is -0.330 e. The minimum atomic E-state index is -0.241. The third-order valence-corrected chi connectivity index (χ3v) is 2.58. The number of benzene rings is 1. The molecule has 0 fully saturated rings. The van der Waals surface area contributed by atoms with Crippen LogP contribution < -0.4 is 0 Å². The highest BCUT2D eigenvalue weighted by molar-refractivity contribution is 7.71. The summed E-state index contributed by atoms with van der Waals surface area (Å²) in [7, 11) is 0. The molecule has 4 heteroatoms. The van der Waals surface area contributed by atoms with E-state index < -0.39 is 0 Å². The molecule has 0 bridgehead atoms. The van der Waals surface area contributed by atoms with Crippen molar-refractivity contribution >= 4 is 12.2 Å². The normalized spacial score (nSPS) is 10.4. The van der Waals surface area contributed by atoms with Crippen molar-refractivity contribution in [3.63, 3.8) is 0 Å². The topological polar surface area (TPSA) is 28.7 Å². The second kappa shape index (κ2) is 4.14. The van der Waals surface area contributed by atoms with Gasteiger partial charge in [0.15, 0.2) is 4.77 Å². The quantitative estimate of drug-likeness (QED) is 0.764. The zero-order chi connectivity index (χ0) is 11.7. The second-order valence-electron chi connectivity index (χ2n) is 3.73. The van der Waals surface area contributed by atoms with Gasteiger partial charge in [0.05, 0.1) is 5.69 Å². The van der Waals surface area contributed by atoms with E-state index in [1.165, 1.54) is 6.07 Å². The maximum atomic E-state index is 13.9. The lowest BCUT2D eigenvalue weighted by Gasteiger charge is -2.08. The molecule has 0 saturated carbocycles. The molecular formula is C12H11FN2S. The van der Waals surface area contributed by atoms with Crippen LogP contribution in [0.5, 0.6) is 0 Å². The molecule has 1 aromatic carbocycles. The fraction of sp³-hybridized carbons (Fsp3) is 0.167. The summed E-state index contributed by atoms with van der Waals surface area (Å²) in [6.07, 6.45) is 1.58. The van der Waals surface area contributed by atoms with Gasteiger partial charge in [-0.1, -0.05) is 6.07 Å².